The van der Waals surface area contributed by atoms with Crippen LogP contribution in [0.4, 0.5) is 0 Å². The number of piperidine rings is 1. The van der Waals surface area contributed by atoms with E-state index in [1.54, 1.807) is 0 Å². The number of nitrogens with zero attached hydrogens (tertiary/aromatic N) is 2. The molecule has 1 aromatic carbocycles. The largest absolute Gasteiger partial charge is 0.341 e. The van der Waals surface area contributed by atoms with Crippen LogP contribution in [0.1, 0.15) is 38.2 Å². The fraction of sp³-hybridized carbons (Fsp3) is 0.650. The van der Waals surface area contributed by atoms with Crippen LogP contribution in [0.2, 0.25) is 0 Å². The Bertz CT molecular complexity index is 539. The molecule has 1 aromatic rings. The van der Waals surface area contributed by atoms with E-state index in [0.29, 0.717) is 24.3 Å². The van der Waals surface area contributed by atoms with Crippen molar-refractivity contribution in [2.24, 2.45) is 17.6 Å². The summed E-state index contributed by atoms with van der Waals surface area (Å²) in [6, 6.07) is 10.6. The van der Waals surface area contributed by atoms with Crippen molar-refractivity contribution >= 4 is 5.91 Å². The molecule has 0 bridgehead atoms. The molecule has 2 N–H and O–H groups in total. The molecule has 1 amide bonds. The van der Waals surface area contributed by atoms with Crippen LogP contribution in [0.15, 0.2) is 30.3 Å². The van der Waals surface area contributed by atoms with Crippen molar-refractivity contribution in [3.05, 3.63) is 35.9 Å². The molecule has 0 radical (unpaired) electrons. The van der Waals surface area contributed by atoms with Crippen molar-refractivity contribution < 1.29 is 4.79 Å². The Morgan fingerprint density at radius 3 is 2.50 bits per heavy atom. The molecule has 0 aromatic heterocycles. The zero-order valence-corrected chi connectivity index (χ0v) is 15.0. The lowest BCUT2D eigenvalue weighted by Crippen LogP contribution is -2.49. The first-order valence-corrected chi connectivity index (χ1v) is 9.38. The topological polar surface area (TPSA) is 49.6 Å². The van der Waals surface area contributed by atoms with E-state index in [-0.39, 0.29) is 6.04 Å². The van der Waals surface area contributed by atoms with Gasteiger partial charge < -0.3 is 10.6 Å². The Morgan fingerprint density at radius 2 is 1.88 bits per heavy atom. The van der Waals surface area contributed by atoms with Crippen molar-refractivity contribution in [3.63, 3.8) is 0 Å². The molecule has 2 heterocycles. The molecule has 24 heavy (non-hydrogen) atoms. The van der Waals surface area contributed by atoms with Gasteiger partial charge in [0.25, 0.3) is 0 Å². The van der Waals surface area contributed by atoms with E-state index in [1.165, 1.54) is 5.56 Å². The van der Waals surface area contributed by atoms with E-state index in [1.807, 2.05) is 0 Å². The lowest BCUT2D eigenvalue weighted by molar-refractivity contribution is -0.137. The van der Waals surface area contributed by atoms with Crippen molar-refractivity contribution in [1.82, 2.24) is 9.80 Å². The highest BCUT2D eigenvalue weighted by Gasteiger charge is 2.38. The van der Waals surface area contributed by atoms with Crippen LogP contribution in [0.5, 0.6) is 0 Å². The Balaban J connectivity index is 1.65. The summed E-state index contributed by atoms with van der Waals surface area (Å²) in [5.41, 5.74) is 7.39. The van der Waals surface area contributed by atoms with Crippen molar-refractivity contribution in [1.29, 1.82) is 0 Å². The highest BCUT2D eigenvalue weighted by atomic mass is 16.2. The average Bonchev–Trinajstić information content (AvgIpc) is 3.06. The number of carbonyl (C=O) groups excluding carboxylic acids is 1. The van der Waals surface area contributed by atoms with E-state index in [2.05, 4.69) is 54.0 Å². The van der Waals surface area contributed by atoms with Crippen LogP contribution in [-0.4, -0.2) is 54.5 Å². The number of benzene rings is 1. The summed E-state index contributed by atoms with van der Waals surface area (Å²) in [5.74, 6) is 1.92. The van der Waals surface area contributed by atoms with Gasteiger partial charge in [-0.05, 0) is 43.7 Å². The molecule has 3 atom stereocenters. The molecule has 2 aliphatic rings. The van der Waals surface area contributed by atoms with Gasteiger partial charge in [-0.1, -0.05) is 37.3 Å². The summed E-state index contributed by atoms with van der Waals surface area (Å²) in [7, 11) is 0. The SMILES string of the molecule is CC1CCN(C(=O)C(C)N2C[C@@H](CN)[C@H](c3ccccc3)C2)CC1. The number of hydrogen-bond donors (Lipinski definition) is 1. The van der Waals surface area contributed by atoms with Gasteiger partial charge in [-0.2, -0.15) is 0 Å². The number of hydrogen-bond acceptors (Lipinski definition) is 3. The second-order valence-corrected chi connectivity index (χ2v) is 7.65. The predicted octanol–water partition coefficient (Wildman–Crippen LogP) is 2.31. The molecular formula is C20H31N3O. The highest BCUT2D eigenvalue weighted by Crippen LogP contribution is 2.33. The zero-order valence-electron chi connectivity index (χ0n) is 15.0. The summed E-state index contributed by atoms with van der Waals surface area (Å²) in [6.45, 7) is 8.72. The van der Waals surface area contributed by atoms with Gasteiger partial charge in [0.1, 0.15) is 0 Å². The second-order valence-electron chi connectivity index (χ2n) is 7.65. The number of carbonyl (C=O) groups is 1. The quantitative estimate of drug-likeness (QED) is 0.922. The van der Waals surface area contributed by atoms with Crippen LogP contribution < -0.4 is 5.73 Å². The first kappa shape index (κ1) is 17.4. The maximum Gasteiger partial charge on any atom is 0.239 e. The molecule has 0 spiro atoms. The minimum atomic E-state index is -0.0406. The normalized spacial score (nSPS) is 27.4. The number of amides is 1. The molecule has 2 saturated heterocycles. The van der Waals surface area contributed by atoms with E-state index in [0.717, 1.165) is 44.9 Å². The van der Waals surface area contributed by atoms with Gasteiger partial charge in [0.05, 0.1) is 6.04 Å². The fourth-order valence-electron chi connectivity index (χ4n) is 4.19. The molecular weight excluding hydrogens is 298 g/mol. The molecule has 0 saturated carbocycles. The Labute approximate surface area is 146 Å². The van der Waals surface area contributed by atoms with Gasteiger partial charge in [-0.15, -0.1) is 0 Å². The number of likely N-dealkylation sites (tertiary alicyclic amines) is 2. The third-order valence-electron chi connectivity index (χ3n) is 6.00. The standard InChI is InChI=1S/C20H31N3O/c1-15-8-10-22(11-9-15)20(24)16(2)23-13-18(12-21)19(14-23)17-6-4-3-5-7-17/h3-7,15-16,18-19H,8-14,21H2,1-2H3/t16?,18-,19+/m1/s1. The lowest BCUT2D eigenvalue weighted by atomic mass is 9.89. The predicted molar refractivity (Wildman–Crippen MR) is 97.7 cm³/mol. The van der Waals surface area contributed by atoms with E-state index >= 15 is 0 Å². The van der Waals surface area contributed by atoms with Crippen molar-refractivity contribution in [2.45, 2.75) is 38.6 Å². The third kappa shape index (κ3) is 3.65. The second kappa shape index (κ2) is 7.66. The van der Waals surface area contributed by atoms with Crippen molar-refractivity contribution in [2.75, 3.05) is 32.7 Å². The Kier molecular flexibility index (Phi) is 5.57. The molecule has 0 aliphatic carbocycles. The van der Waals surface area contributed by atoms with Gasteiger partial charge >= 0.3 is 0 Å². The van der Waals surface area contributed by atoms with Gasteiger partial charge in [-0.25, -0.2) is 0 Å². The average molecular weight is 329 g/mol. The van der Waals surface area contributed by atoms with Gasteiger partial charge in [0.2, 0.25) is 5.91 Å². The summed E-state index contributed by atoms with van der Waals surface area (Å²) < 4.78 is 0. The molecule has 1 unspecified atom stereocenters. The summed E-state index contributed by atoms with van der Waals surface area (Å²) >= 11 is 0. The third-order valence-corrected chi connectivity index (χ3v) is 6.00. The molecule has 4 nitrogen and oxygen atoms in total. The number of nitrogens with two attached hydrogens (primary N) is 1. The monoisotopic (exact) mass is 329 g/mol. The Hall–Kier alpha value is -1.39. The molecule has 4 heteroatoms. The summed E-state index contributed by atoms with van der Waals surface area (Å²) in [4.78, 5) is 17.3. The first-order valence-electron chi connectivity index (χ1n) is 9.38. The highest BCUT2D eigenvalue weighted by molar-refractivity contribution is 5.81. The summed E-state index contributed by atoms with van der Waals surface area (Å²) in [5, 5.41) is 0. The van der Waals surface area contributed by atoms with Crippen LogP contribution in [0.3, 0.4) is 0 Å². The first-order chi connectivity index (χ1) is 11.6. The van der Waals surface area contributed by atoms with Crippen LogP contribution >= 0.6 is 0 Å². The number of rotatable bonds is 4. The minimum Gasteiger partial charge on any atom is -0.341 e. The van der Waals surface area contributed by atoms with E-state index in [4.69, 9.17) is 5.73 Å². The van der Waals surface area contributed by atoms with Crippen LogP contribution in [0, 0.1) is 11.8 Å². The van der Waals surface area contributed by atoms with Gasteiger partial charge in [0.15, 0.2) is 0 Å². The molecule has 2 aliphatic heterocycles. The minimum absolute atomic E-state index is 0.0406. The summed E-state index contributed by atoms with van der Waals surface area (Å²) in [6.07, 6.45) is 2.27. The maximum absolute atomic E-state index is 12.9. The molecule has 3 rings (SSSR count). The van der Waals surface area contributed by atoms with E-state index < -0.39 is 0 Å². The van der Waals surface area contributed by atoms with Crippen molar-refractivity contribution in [3.8, 4) is 0 Å². The molecule has 2 fully saturated rings. The Morgan fingerprint density at radius 1 is 1.21 bits per heavy atom. The fourth-order valence-corrected chi connectivity index (χ4v) is 4.19. The van der Waals surface area contributed by atoms with Crippen LogP contribution in [-0.2, 0) is 4.79 Å². The lowest BCUT2D eigenvalue weighted by Gasteiger charge is -2.34. The zero-order chi connectivity index (χ0) is 17.1. The van der Waals surface area contributed by atoms with Gasteiger partial charge in [-0.3, -0.25) is 9.69 Å². The maximum atomic E-state index is 12.9. The van der Waals surface area contributed by atoms with Crippen LogP contribution in [0.25, 0.3) is 0 Å². The smallest absolute Gasteiger partial charge is 0.239 e. The van der Waals surface area contributed by atoms with E-state index in [9.17, 15) is 4.79 Å². The van der Waals surface area contributed by atoms with Gasteiger partial charge in [0, 0.05) is 32.1 Å². The molecule has 132 valence electrons.